The van der Waals surface area contributed by atoms with Gasteiger partial charge in [-0.3, -0.25) is 4.98 Å². The van der Waals surface area contributed by atoms with Gasteiger partial charge < -0.3 is 9.47 Å². The number of carbonyl (C=O) groups excluding carboxylic acids is 1. The molecule has 0 bridgehead atoms. The zero-order valence-corrected chi connectivity index (χ0v) is 7.61. The van der Waals surface area contributed by atoms with E-state index >= 15 is 0 Å². The van der Waals surface area contributed by atoms with Crippen molar-refractivity contribution in [1.82, 2.24) is 4.98 Å². The fraction of sp³-hybridized carbons (Fsp3) is 0.333. The van der Waals surface area contributed by atoms with Gasteiger partial charge in [-0.1, -0.05) is 0 Å². The van der Waals surface area contributed by atoms with Crippen molar-refractivity contribution in [3.8, 4) is 5.75 Å². The van der Waals surface area contributed by atoms with E-state index in [1.807, 2.05) is 0 Å². The van der Waals surface area contributed by atoms with E-state index in [0.717, 1.165) is 0 Å². The molecular weight excluding hydrogens is 170 g/mol. The standard InChI is InChI=1S/C9H11NO3/c1-3-13-9(11)7-6-10-5-4-8(7)12-2/h4-6H,3H2,1-2H3. The minimum absolute atomic E-state index is 0.344. The number of rotatable bonds is 3. The third-order valence-corrected chi connectivity index (χ3v) is 1.50. The van der Waals surface area contributed by atoms with Crippen molar-refractivity contribution >= 4 is 5.97 Å². The van der Waals surface area contributed by atoms with Gasteiger partial charge in [0.2, 0.25) is 0 Å². The number of carbonyl (C=O) groups is 1. The lowest BCUT2D eigenvalue weighted by atomic mass is 10.2. The highest BCUT2D eigenvalue weighted by atomic mass is 16.5. The summed E-state index contributed by atoms with van der Waals surface area (Å²) in [6, 6.07) is 1.62. The first-order chi connectivity index (χ1) is 6.29. The first kappa shape index (κ1) is 9.51. The Morgan fingerprint density at radius 1 is 1.62 bits per heavy atom. The fourth-order valence-electron chi connectivity index (χ4n) is 0.922. The third-order valence-electron chi connectivity index (χ3n) is 1.50. The van der Waals surface area contributed by atoms with Crippen molar-refractivity contribution < 1.29 is 14.3 Å². The molecule has 4 heteroatoms. The summed E-state index contributed by atoms with van der Waals surface area (Å²) in [4.78, 5) is 15.1. The Morgan fingerprint density at radius 3 is 3.00 bits per heavy atom. The Kier molecular flexibility index (Phi) is 3.25. The van der Waals surface area contributed by atoms with E-state index in [0.29, 0.717) is 17.9 Å². The fourth-order valence-corrected chi connectivity index (χ4v) is 0.922. The maximum Gasteiger partial charge on any atom is 0.343 e. The molecule has 1 aromatic heterocycles. The summed E-state index contributed by atoms with van der Waals surface area (Å²) in [7, 11) is 1.50. The molecule has 0 fully saturated rings. The molecule has 0 aromatic carbocycles. The van der Waals surface area contributed by atoms with Crippen LogP contribution in [0.5, 0.6) is 5.75 Å². The topological polar surface area (TPSA) is 48.4 Å². The van der Waals surface area contributed by atoms with Gasteiger partial charge in [0.1, 0.15) is 11.3 Å². The average Bonchev–Trinajstić information content (AvgIpc) is 2.18. The normalized spacial score (nSPS) is 9.38. The van der Waals surface area contributed by atoms with E-state index in [2.05, 4.69) is 4.98 Å². The molecule has 1 aromatic rings. The molecule has 0 unspecified atom stereocenters. The Labute approximate surface area is 76.5 Å². The van der Waals surface area contributed by atoms with Crippen molar-refractivity contribution in [3.05, 3.63) is 24.0 Å². The minimum atomic E-state index is -0.410. The van der Waals surface area contributed by atoms with Crippen molar-refractivity contribution in [2.45, 2.75) is 6.92 Å². The van der Waals surface area contributed by atoms with Crippen LogP contribution in [-0.2, 0) is 4.74 Å². The van der Waals surface area contributed by atoms with Crippen LogP contribution >= 0.6 is 0 Å². The van der Waals surface area contributed by atoms with E-state index in [9.17, 15) is 4.79 Å². The number of methoxy groups -OCH3 is 1. The zero-order valence-electron chi connectivity index (χ0n) is 7.61. The van der Waals surface area contributed by atoms with Gasteiger partial charge in [0.05, 0.1) is 13.7 Å². The summed E-state index contributed by atoms with van der Waals surface area (Å²) in [5.74, 6) is 0.0703. The molecule has 4 nitrogen and oxygen atoms in total. The maximum absolute atomic E-state index is 11.3. The average molecular weight is 181 g/mol. The van der Waals surface area contributed by atoms with E-state index in [1.165, 1.54) is 13.3 Å². The predicted octanol–water partition coefficient (Wildman–Crippen LogP) is 1.27. The molecule has 1 heterocycles. The third kappa shape index (κ3) is 2.18. The second-order valence-electron chi connectivity index (χ2n) is 2.30. The molecule has 0 spiro atoms. The molecule has 0 saturated carbocycles. The highest BCUT2D eigenvalue weighted by Crippen LogP contribution is 2.16. The van der Waals surface area contributed by atoms with Crippen molar-refractivity contribution in [3.63, 3.8) is 0 Å². The molecule has 0 N–H and O–H groups in total. The van der Waals surface area contributed by atoms with Crippen molar-refractivity contribution in [2.75, 3.05) is 13.7 Å². The van der Waals surface area contributed by atoms with E-state index < -0.39 is 5.97 Å². The first-order valence-electron chi connectivity index (χ1n) is 3.94. The predicted molar refractivity (Wildman–Crippen MR) is 46.7 cm³/mol. The Balaban J connectivity index is 2.92. The lowest BCUT2D eigenvalue weighted by Crippen LogP contribution is -2.06. The number of nitrogens with zero attached hydrogens (tertiary/aromatic N) is 1. The molecule has 13 heavy (non-hydrogen) atoms. The molecule has 0 radical (unpaired) electrons. The lowest BCUT2D eigenvalue weighted by molar-refractivity contribution is 0.0522. The summed E-state index contributed by atoms with van der Waals surface area (Å²) < 4.78 is 9.78. The summed E-state index contributed by atoms with van der Waals surface area (Å²) >= 11 is 0. The monoisotopic (exact) mass is 181 g/mol. The van der Waals surface area contributed by atoms with Crippen LogP contribution in [0.15, 0.2) is 18.5 Å². The number of esters is 1. The van der Waals surface area contributed by atoms with Crippen LogP contribution in [0, 0.1) is 0 Å². The van der Waals surface area contributed by atoms with Gasteiger partial charge in [-0.05, 0) is 13.0 Å². The van der Waals surface area contributed by atoms with Gasteiger partial charge >= 0.3 is 5.97 Å². The van der Waals surface area contributed by atoms with E-state index in [4.69, 9.17) is 9.47 Å². The van der Waals surface area contributed by atoms with Crippen LogP contribution in [0.1, 0.15) is 17.3 Å². The second-order valence-corrected chi connectivity index (χ2v) is 2.30. The second kappa shape index (κ2) is 4.45. The van der Waals surface area contributed by atoms with Crippen LogP contribution in [-0.4, -0.2) is 24.7 Å². The van der Waals surface area contributed by atoms with Crippen LogP contribution in [0.25, 0.3) is 0 Å². The van der Waals surface area contributed by atoms with Crippen molar-refractivity contribution in [1.29, 1.82) is 0 Å². The SMILES string of the molecule is CCOC(=O)c1cnccc1OC. The van der Waals surface area contributed by atoms with Gasteiger partial charge in [0.15, 0.2) is 0 Å². The highest BCUT2D eigenvalue weighted by molar-refractivity contribution is 5.92. The molecule has 0 saturated heterocycles. The summed E-state index contributed by atoms with van der Waals surface area (Å²) in [6.07, 6.45) is 2.98. The summed E-state index contributed by atoms with van der Waals surface area (Å²) in [6.45, 7) is 2.09. The summed E-state index contributed by atoms with van der Waals surface area (Å²) in [5.41, 5.74) is 0.354. The van der Waals surface area contributed by atoms with Crippen LogP contribution in [0.2, 0.25) is 0 Å². The Bertz CT molecular complexity index is 299. The molecule has 0 atom stereocenters. The molecule has 70 valence electrons. The van der Waals surface area contributed by atoms with Gasteiger partial charge in [-0.2, -0.15) is 0 Å². The number of ether oxygens (including phenoxy) is 2. The Morgan fingerprint density at radius 2 is 2.38 bits per heavy atom. The number of hydrogen-bond acceptors (Lipinski definition) is 4. The van der Waals surface area contributed by atoms with Crippen LogP contribution < -0.4 is 4.74 Å². The number of aromatic nitrogens is 1. The largest absolute Gasteiger partial charge is 0.496 e. The molecule has 0 amide bonds. The Hall–Kier alpha value is -1.58. The van der Waals surface area contributed by atoms with E-state index in [1.54, 1.807) is 19.2 Å². The van der Waals surface area contributed by atoms with Gasteiger partial charge in [0.25, 0.3) is 0 Å². The number of hydrogen-bond donors (Lipinski definition) is 0. The highest BCUT2D eigenvalue weighted by Gasteiger charge is 2.12. The smallest absolute Gasteiger partial charge is 0.343 e. The molecular formula is C9H11NO3. The first-order valence-corrected chi connectivity index (χ1v) is 3.94. The molecule has 0 aliphatic rings. The lowest BCUT2D eigenvalue weighted by Gasteiger charge is -2.05. The van der Waals surface area contributed by atoms with Crippen molar-refractivity contribution in [2.24, 2.45) is 0 Å². The van der Waals surface area contributed by atoms with Gasteiger partial charge in [0, 0.05) is 12.4 Å². The van der Waals surface area contributed by atoms with E-state index in [-0.39, 0.29) is 0 Å². The molecule has 0 aliphatic heterocycles. The van der Waals surface area contributed by atoms with Gasteiger partial charge in [-0.25, -0.2) is 4.79 Å². The van der Waals surface area contributed by atoms with Gasteiger partial charge in [-0.15, -0.1) is 0 Å². The minimum Gasteiger partial charge on any atom is -0.496 e. The quantitative estimate of drug-likeness (QED) is 0.659. The van der Waals surface area contributed by atoms with Crippen LogP contribution in [0.4, 0.5) is 0 Å². The maximum atomic E-state index is 11.3. The zero-order chi connectivity index (χ0) is 9.68. The number of pyridine rings is 1. The molecule has 0 aliphatic carbocycles. The molecule has 1 rings (SSSR count). The summed E-state index contributed by atoms with van der Waals surface area (Å²) in [5, 5.41) is 0. The van der Waals surface area contributed by atoms with Crippen LogP contribution in [0.3, 0.4) is 0 Å².